The fourth-order valence-electron chi connectivity index (χ4n) is 1.81. The SMILES string of the molecule is O=C(O)Cc1ccc(NC(=O)NCCc2cccs2)cc1. The summed E-state index contributed by atoms with van der Waals surface area (Å²) in [5.41, 5.74) is 1.34. The number of aliphatic carboxylic acids is 1. The summed E-state index contributed by atoms with van der Waals surface area (Å²) in [5.74, 6) is -0.873. The number of hydrogen-bond donors (Lipinski definition) is 3. The summed E-state index contributed by atoms with van der Waals surface area (Å²) in [6.45, 7) is 0.573. The van der Waals surface area contributed by atoms with Crippen molar-refractivity contribution in [3.05, 3.63) is 52.2 Å². The van der Waals surface area contributed by atoms with Crippen molar-refractivity contribution in [2.75, 3.05) is 11.9 Å². The molecule has 0 radical (unpaired) electrons. The molecule has 2 rings (SSSR count). The molecule has 0 atom stereocenters. The van der Waals surface area contributed by atoms with E-state index in [9.17, 15) is 9.59 Å². The summed E-state index contributed by atoms with van der Waals surface area (Å²) >= 11 is 1.67. The van der Waals surface area contributed by atoms with Crippen LogP contribution in [-0.4, -0.2) is 23.7 Å². The molecule has 0 saturated carbocycles. The Balaban J connectivity index is 1.75. The maximum atomic E-state index is 11.7. The summed E-state index contributed by atoms with van der Waals surface area (Å²) in [7, 11) is 0. The molecule has 0 aliphatic carbocycles. The van der Waals surface area contributed by atoms with E-state index in [1.165, 1.54) is 4.88 Å². The molecule has 0 saturated heterocycles. The van der Waals surface area contributed by atoms with Gasteiger partial charge < -0.3 is 15.7 Å². The first-order valence-corrected chi connectivity index (χ1v) is 7.39. The third-order valence-corrected chi connectivity index (χ3v) is 3.74. The number of urea groups is 1. The monoisotopic (exact) mass is 304 g/mol. The molecule has 21 heavy (non-hydrogen) atoms. The molecule has 0 aliphatic heterocycles. The van der Waals surface area contributed by atoms with Crippen LogP contribution in [0.3, 0.4) is 0 Å². The lowest BCUT2D eigenvalue weighted by Crippen LogP contribution is -2.30. The first-order chi connectivity index (χ1) is 10.1. The number of rotatable bonds is 6. The van der Waals surface area contributed by atoms with Crippen molar-refractivity contribution in [1.29, 1.82) is 0 Å². The largest absolute Gasteiger partial charge is 0.481 e. The van der Waals surface area contributed by atoms with Crippen molar-refractivity contribution < 1.29 is 14.7 Å². The van der Waals surface area contributed by atoms with Crippen LogP contribution in [0.25, 0.3) is 0 Å². The summed E-state index contributed by atoms with van der Waals surface area (Å²) in [4.78, 5) is 23.5. The molecule has 0 fully saturated rings. The second kappa shape index (κ2) is 7.44. The van der Waals surface area contributed by atoms with Crippen LogP contribution in [0.4, 0.5) is 10.5 Å². The fourth-order valence-corrected chi connectivity index (χ4v) is 2.52. The van der Waals surface area contributed by atoms with Crippen LogP contribution in [0.1, 0.15) is 10.4 Å². The van der Waals surface area contributed by atoms with Crippen LogP contribution in [0.15, 0.2) is 41.8 Å². The molecule has 0 spiro atoms. The number of carbonyl (C=O) groups is 2. The Morgan fingerprint density at radius 3 is 2.52 bits per heavy atom. The van der Waals surface area contributed by atoms with Crippen molar-refractivity contribution in [1.82, 2.24) is 5.32 Å². The molecule has 1 aromatic carbocycles. The number of nitrogens with one attached hydrogen (secondary N) is 2. The van der Waals surface area contributed by atoms with Gasteiger partial charge in [0.05, 0.1) is 6.42 Å². The maximum Gasteiger partial charge on any atom is 0.319 e. The van der Waals surface area contributed by atoms with Crippen LogP contribution >= 0.6 is 11.3 Å². The summed E-state index contributed by atoms with van der Waals surface area (Å²) < 4.78 is 0. The predicted molar refractivity (Wildman–Crippen MR) is 82.8 cm³/mol. The second-order valence-electron chi connectivity index (χ2n) is 4.48. The minimum Gasteiger partial charge on any atom is -0.481 e. The molecular formula is C15H16N2O3S. The maximum absolute atomic E-state index is 11.7. The van der Waals surface area contributed by atoms with Crippen molar-refractivity contribution in [3.8, 4) is 0 Å². The fraction of sp³-hybridized carbons (Fsp3) is 0.200. The Bertz CT molecular complexity index is 594. The van der Waals surface area contributed by atoms with Crippen LogP contribution in [0.2, 0.25) is 0 Å². The zero-order valence-corrected chi connectivity index (χ0v) is 12.2. The van der Waals surface area contributed by atoms with Gasteiger partial charge in [-0.25, -0.2) is 4.79 Å². The van der Waals surface area contributed by atoms with Gasteiger partial charge in [-0.3, -0.25) is 4.79 Å². The smallest absolute Gasteiger partial charge is 0.319 e. The Kier molecular flexibility index (Phi) is 5.34. The summed E-state index contributed by atoms with van der Waals surface area (Å²) in [6.07, 6.45) is 0.788. The summed E-state index contributed by atoms with van der Waals surface area (Å²) in [6, 6.07) is 10.5. The van der Waals surface area contributed by atoms with E-state index in [4.69, 9.17) is 5.11 Å². The Hall–Kier alpha value is -2.34. The minimum atomic E-state index is -0.873. The molecular weight excluding hydrogens is 288 g/mol. The van der Waals surface area contributed by atoms with Gasteiger partial charge in [-0.1, -0.05) is 18.2 Å². The Labute approximate surface area is 126 Å². The lowest BCUT2D eigenvalue weighted by atomic mass is 10.1. The van der Waals surface area contributed by atoms with Crippen molar-refractivity contribution in [3.63, 3.8) is 0 Å². The van der Waals surface area contributed by atoms with Gasteiger partial charge in [-0.2, -0.15) is 0 Å². The van der Waals surface area contributed by atoms with E-state index in [0.29, 0.717) is 17.8 Å². The van der Waals surface area contributed by atoms with Gasteiger partial charge in [-0.05, 0) is 35.6 Å². The average Bonchev–Trinajstić information content (AvgIpc) is 2.93. The van der Waals surface area contributed by atoms with Gasteiger partial charge in [0, 0.05) is 17.1 Å². The minimum absolute atomic E-state index is 0.0205. The standard InChI is InChI=1S/C15H16N2O3S/c18-14(19)10-11-3-5-12(6-4-11)17-15(20)16-8-7-13-2-1-9-21-13/h1-6,9H,7-8,10H2,(H,18,19)(H2,16,17,20). The third-order valence-electron chi connectivity index (χ3n) is 2.80. The molecule has 110 valence electrons. The highest BCUT2D eigenvalue weighted by Crippen LogP contribution is 2.10. The second-order valence-corrected chi connectivity index (χ2v) is 5.51. The van der Waals surface area contributed by atoms with Crippen LogP contribution in [-0.2, 0) is 17.6 Å². The van der Waals surface area contributed by atoms with Gasteiger partial charge in [0.15, 0.2) is 0 Å². The highest BCUT2D eigenvalue weighted by Gasteiger charge is 2.03. The molecule has 2 aromatic rings. The number of carboxylic acids is 1. The van der Waals surface area contributed by atoms with E-state index in [1.54, 1.807) is 35.6 Å². The quantitative estimate of drug-likeness (QED) is 0.768. The molecule has 5 nitrogen and oxygen atoms in total. The molecule has 6 heteroatoms. The van der Waals surface area contributed by atoms with Gasteiger partial charge in [0.1, 0.15) is 0 Å². The van der Waals surface area contributed by atoms with Crippen molar-refractivity contribution >= 4 is 29.0 Å². The average molecular weight is 304 g/mol. The van der Waals surface area contributed by atoms with Gasteiger partial charge in [0.2, 0.25) is 0 Å². The molecule has 0 aliphatic rings. The van der Waals surface area contributed by atoms with Gasteiger partial charge in [-0.15, -0.1) is 11.3 Å². The number of anilines is 1. The molecule has 0 bridgehead atoms. The van der Waals surface area contributed by atoms with E-state index >= 15 is 0 Å². The van der Waals surface area contributed by atoms with Crippen LogP contribution in [0, 0.1) is 0 Å². The van der Waals surface area contributed by atoms with Gasteiger partial charge in [0.25, 0.3) is 0 Å². The van der Waals surface area contributed by atoms with E-state index < -0.39 is 5.97 Å². The van der Waals surface area contributed by atoms with E-state index in [0.717, 1.165) is 6.42 Å². The van der Waals surface area contributed by atoms with E-state index in [1.807, 2.05) is 17.5 Å². The molecule has 2 amide bonds. The van der Waals surface area contributed by atoms with E-state index in [-0.39, 0.29) is 12.5 Å². The molecule has 1 aromatic heterocycles. The number of amides is 2. The Morgan fingerprint density at radius 2 is 1.90 bits per heavy atom. The van der Waals surface area contributed by atoms with Crippen molar-refractivity contribution in [2.45, 2.75) is 12.8 Å². The predicted octanol–water partition coefficient (Wildman–Crippen LogP) is 2.74. The lowest BCUT2D eigenvalue weighted by Gasteiger charge is -2.07. The number of hydrogen-bond acceptors (Lipinski definition) is 3. The van der Waals surface area contributed by atoms with Crippen LogP contribution < -0.4 is 10.6 Å². The normalized spacial score (nSPS) is 10.1. The number of carbonyl (C=O) groups excluding carboxylic acids is 1. The number of thiophene rings is 1. The highest BCUT2D eigenvalue weighted by molar-refractivity contribution is 7.09. The topological polar surface area (TPSA) is 78.4 Å². The third kappa shape index (κ3) is 5.27. The number of carboxylic acid groups (broad SMARTS) is 1. The summed E-state index contributed by atoms with van der Waals surface area (Å²) in [5, 5.41) is 16.2. The first kappa shape index (κ1) is 15.1. The Morgan fingerprint density at radius 1 is 1.14 bits per heavy atom. The zero-order chi connectivity index (χ0) is 15.1. The van der Waals surface area contributed by atoms with E-state index in [2.05, 4.69) is 10.6 Å². The molecule has 0 unspecified atom stereocenters. The highest BCUT2D eigenvalue weighted by atomic mass is 32.1. The van der Waals surface area contributed by atoms with Crippen molar-refractivity contribution in [2.24, 2.45) is 0 Å². The number of benzene rings is 1. The lowest BCUT2D eigenvalue weighted by molar-refractivity contribution is -0.136. The molecule has 1 heterocycles. The van der Waals surface area contributed by atoms with Crippen LogP contribution in [0.5, 0.6) is 0 Å². The molecule has 3 N–H and O–H groups in total. The van der Waals surface area contributed by atoms with Gasteiger partial charge >= 0.3 is 12.0 Å². The first-order valence-electron chi connectivity index (χ1n) is 6.51. The zero-order valence-electron chi connectivity index (χ0n) is 11.3.